The number of sulfone groups is 1. The number of benzene rings is 2. The summed E-state index contributed by atoms with van der Waals surface area (Å²) in [6.07, 6.45) is 5.08. The Bertz CT molecular complexity index is 2210. The number of halogens is 1. The van der Waals surface area contributed by atoms with E-state index < -0.39 is 32.3 Å². The van der Waals surface area contributed by atoms with Gasteiger partial charge in [0.25, 0.3) is 0 Å². The number of H-pyrrole nitrogens is 1. The second kappa shape index (κ2) is 13.5. The lowest BCUT2D eigenvalue weighted by Crippen LogP contribution is -2.29. The molecule has 2 aromatic carbocycles. The number of hydrogen-bond acceptors (Lipinski definition) is 8. The number of aromatic amines is 1. The average Bonchev–Trinajstić information content (AvgIpc) is 3.69. The molecule has 262 valence electrons. The van der Waals surface area contributed by atoms with Crippen LogP contribution in [-0.4, -0.2) is 63.0 Å². The quantitative estimate of drug-likeness (QED) is 0.216. The molecule has 50 heavy (non-hydrogen) atoms. The van der Waals surface area contributed by atoms with Crippen LogP contribution in [0.4, 0.5) is 4.39 Å². The molecule has 5 aromatic rings. The third-order valence-electron chi connectivity index (χ3n) is 9.67. The minimum Gasteiger partial charge on any atom is -0.466 e. The first-order valence-corrected chi connectivity index (χ1v) is 18.7. The maximum absolute atomic E-state index is 15.8. The summed E-state index contributed by atoms with van der Waals surface area (Å²) in [7, 11) is -1.86. The Labute approximate surface area is 291 Å². The normalized spacial score (nSPS) is 19.4. The van der Waals surface area contributed by atoms with Gasteiger partial charge in [0.05, 0.1) is 35.5 Å². The monoisotopic (exact) mass is 699 g/mol. The molecule has 0 aliphatic carbocycles. The smallest absolute Gasteiger partial charge is 0.310 e. The largest absolute Gasteiger partial charge is 0.466 e. The third-order valence-corrected chi connectivity index (χ3v) is 11.7. The minimum atomic E-state index is -3.62. The first kappa shape index (κ1) is 35.1. The fraction of sp³-hybridized carbons (Fsp3) is 0.395. The van der Waals surface area contributed by atoms with E-state index in [0.717, 1.165) is 11.1 Å². The van der Waals surface area contributed by atoms with Gasteiger partial charge in [-0.1, -0.05) is 44.5 Å². The lowest BCUT2D eigenvalue weighted by atomic mass is 9.75. The SMILES string of the molecule is CCOC(=O)Cc1cccc([C@@]2(C)CCCC(C)(C)CS(=O)(=O)CCc3c(c(F)cc4[nH]ccc34)C(=O)c3ccnc(c3)-c3nc2nn3C)c1. The number of hydrogen-bond donors (Lipinski definition) is 1. The number of ketones is 1. The average molecular weight is 700 g/mol. The fourth-order valence-electron chi connectivity index (χ4n) is 7.13. The number of esters is 1. The van der Waals surface area contributed by atoms with Crippen LogP contribution in [0.25, 0.3) is 22.4 Å². The van der Waals surface area contributed by atoms with E-state index in [1.165, 1.54) is 18.3 Å². The van der Waals surface area contributed by atoms with E-state index in [1.807, 2.05) is 45.0 Å². The molecule has 0 saturated heterocycles. The highest BCUT2D eigenvalue weighted by molar-refractivity contribution is 7.91. The number of nitrogens with one attached hydrogen (secondary N) is 1. The molecule has 1 N–H and O–H groups in total. The van der Waals surface area contributed by atoms with Gasteiger partial charge in [-0.2, -0.15) is 5.10 Å². The van der Waals surface area contributed by atoms with Crippen molar-refractivity contribution in [2.75, 3.05) is 18.1 Å². The highest BCUT2D eigenvalue weighted by Crippen LogP contribution is 2.39. The van der Waals surface area contributed by atoms with Crippen molar-refractivity contribution < 1.29 is 27.1 Å². The Morgan fingerprint density at radius 1 is 1.10 bits per heavy atom. The number of aromatic nitrogens is 5. The van der Waals surface area contributed by atoms with E-state index in [0.29, 0.717) is 59.7 Å². The number of fused-ring (bicyclic) bond motifs is 8. The summed E-state index contributed by atoms with van der Waals surface area (Å²) in [6.45, 7) is 7.99. The number of nitrogens with zero attached hydrogens (tertiary/aromatic N) is 4. The zero-order valence-corrected chi connectivity index (χ0v) is 29.9. The van der Waals surface area contributed by atoms with Crippen LogP contribution in [-0.2, 0) is 44.7 Å². The Morgan fingerprint density at radius 2 is 1.90 bits per heavy atom. The molecule has 0 saturated carbocycles. The molecular weight excluding hydrogens is 658 g/mol. The molecule has 0 unspecified atom stereocenters. The second-order valence-corrected chi connectivity index (χ2v) is 16.4. The Balaban J connectivity index is 1.50. The van der Waals surface area contributed by atoms with Crippen LogP contribution in [0.2, 0.25) is 0 Å². The number of carbonyl (C=O) groups is 2. The van der Waals surface area contributed by atoms with Gasteiger partial charge in [-0.05, 0) is 79.5 Å². The first-order chi connectivity index (χ1) is 23.7. The van der Waals surface area contributed by atoms with E-state index in [1.54, 1.807) is 37.0 Å². The van der Waals surface area contributed by atoms with Crippen molar-refractivity contribution >= 4 is 32.5 Å². The van der Waals surface area contributed by atoms with Crippen LogP contribution in [0, 0.1) is 11.2 Å². The van der Waals surface area contributed by atoms with Gasteiger partial charge in [0.15, 0.2) is 27.3 Å². The van der Waals surface area contributed by atoms with E-state index in [4.69, 9.17) is 14.8 Å². The maximum Gasteiger partial charge on any atom is 0.310 e. The molecular formula is C38H42FN5O5S. The molecule has 0 fully saturated rings. The molecule has 1 aliphatic rings. The number of carbonyl (C=O) groups excluding carboxylic acids is 2. The summed E-state index contributed by atoms with van der Waals surface area (Å²) < 4.78 is 49.9. The van der Waals surface area contributed by atoms with Crippen LogP contribution in [0.3, 0.4) is 0 Å². The number of rotatable bonds is 4. The number of aryl methyl sites for hydroxylation is 2. The summed E-state index contributed by atoms with van der Waals surface area (Å²) >= 11 is 0. The Hall–Kier alpha value is -4.71. The number of pyridine rings is 1. The van der Waals surface area contributed by atoms with E-state index in [9.17, 15) is 18.0 Å². The zero-order chi connectivity index (χ0) is 35.8. The van der Waals surface area contributed by atoms with Gasteiger partial charge in [0.1, 0.15) is 11.5 Å². The topological polar surface area (TPSA) is 137 Å². The predicted molar refractivity (Wildman–Crippen MR) is 189 cm³/mol. The fourth-order valence-corrected chi connectivity index (χ4v) is 9.13. The van der Waals surface area contributed by atoms with Crippen LogP contribution >= 0.6 is 0 Å². The lowest BCUT2D eigenvalue weighted by molar-refractivity contribution is -0.142. The van der Waals surface area contributed by atoms with Crippen molar-refractivity contribution in [3.63, 3.8) is 0 Å². The van der Waals surface area contributed by atoms with Gasteiger partial charge < -0.3 is 9.72 Å². The van der Waals surface area contributed by atoms with Gasteiger partial charge in [-0.15, -0.1) is 0 Å². The summed E-state index contributed by atoms with van der Waals surface area (Å²) in [4.78, 5) is 39.0. The van der Waals surface area contributed by atoms with Gasteiger partial charge in [0, 0.05) is 35.9 Å². The highest BCUT2D eigenvalue weighted by Gasteiger charge is 2.36. The summed E-state index contributed by atoms with van der Waals surface area (Å²) in [6, 6.07) is 13.8. The first-order valence-electron chi connectivity index (χ1n) is 16.9. The molecule has 0 amide bonds. The highest BCUT2D eigenvalue weighted by atomic mass is 32.2. The third kappa shape index (κ3) is 7.12. The molecule has 0 spiro atoms. The van der Waals surface area contributed by atoms with Crippen LogP contribution in [0.5, 0.6) is 0 Å². The molecule has 6 rings (SSSR count). The molecule has 0 radical (unpaired) electrons. The maximum atomic E-state index is 15.8. The Kier molecular flexibility index (Phi) is 9.51. The molecule has 12 heteroatoms. The van der Waals surface area contributed by atoms with Crippen LogP contribution in [0.1, 0.15) is 85.4 Å². The zero-order valence-electron chi connectivity index (χ0n) is 29.0. The van der Waals surface area contributed by atoms with Crippen molar-refractivity contribution in [1.29, 1.82) is 0 Å². The van der Waals surface area contributed by atoms with Gasteiger partial charge in [0.2, 0.25) is 0 Å². The predicted octanol–water partition coefficient (Wildman–Crippen LogP) is 6.31. The van der Waals surface area contributed by atoms with Crippen molar-refractivity contribution in [3.8, 4) is 11.5 Å². The van der Waals surface area contributed by atoms with Crippen molar-refractivity contribution in [2.45, 2.75) is 65.2 Å². The van der Waals surface area contributed by atoms with Gasteiger partial charge >= 0.3 is 5.97 Å². The second-order valence-electron chi connectivity index (χ2n) is 14.2. The van der Waals surface area contributed by atoms with E-state index in [2.05, 4.69) is 9.97 Å². The van der Waals surface area contributed by atoms with Crippen molar-refractivity contribution in [1.82, 2.24) is 24.7 Å². The molecule has 4 heterocycles. The number of ether oxygens (including phenoxy) is 1. The molecule has 1 atom stereocenters. The Morgan fingerprint density at radius 3 is 2.68 bits per heavy atom. The summed E-state index contributed by atoms with van der Waals surface area (Å²) in [5.74, 6) is -0.981. The van der Waals surface area contributed by atoms with E-state index >= 15 is 4.39 Å². The molecule has 3 aromatic heterocycles. The lowest BCUT2D eigenvalue weighted by Gasteiger charge is -2.30. The van der Waals surface area contributed by atoms with Crippen molar-refractivity contribution in [3.05, 3.63) is 100 Å². The molecule has 4 bridgehead atoms. The summed E-state index contributed by atoms with van der Waals surface area (Å²) in [5.41, 5.74) is 1.64. The standard InChI is InChI=1S/C38H42FN5O5S/c1-6-49-32(45)20-24-9-7-10-26(19-24)38(4)15-8-14-37(2,3)23-50(47,48)18-13-28-27-12-17-40-30(27)22-29(39)33(28)34(46)25-11-16-41-31(21-25)35-42-36(38)43-44(35)5/h7,9-12,16-17,19,21-22,40H,6,8,13-15,18,20,23H2,1-5H3/t38-/m1/s1. The van der Waals surface area contributed by atoms with Gasteiger partial charge in [-0.25, -0.2) is 22.5 Å². The molecule has 10 nitrogen and oxygen atoms in total. The van der Waals surface area contributed by atoms with Gasteiger partial charge in [-0.3, -0.25) is 14.6 Å². The van der Waals surface area contributed by atoms with Crippen molar-refractivity contribution in [2.24, 2.45) is 12.5 Å². The van der Waals surface area contributed by atoms with Crippen LogP contribution < -0.4 is 0 Å². The molecule has 1 aliphatic heterocycles. The summed E-state index contributed by atoms with van der Waals surface area (Å²) in [5, 5.41) is 5.47. The minimum absolute atomic E-state index is 0.0175. The van der Waals surface area contributed by atoms with E-state index in [-0.39, 0.29) is 41.4 Å². The van der Waals surface area contributed by atoms with Crippen LogP contribution in [0.15, 0.2) is 60.9 Å².